The van der Waals surface area contributed by atoms with Gasteiger partial charge in [-0.1, -0.05) is 6.92 Å². The molecule has 0 unspecified atom stereocenters. The molecule has 0 aromatic carbocycles. The van der Waals surface area contributed by atoms with Crippen molar-refractivity contribution >= 4 is 12.4 Å². The van der Waals surface area contributed by atoms with Crippen LogP contribution in [-0.2, 0) is 26.7 Å². The van der Waals surface area contributed by atoms with Gasteiger partial charge in [-0.25, -0.2) is 4.68 Å². The number of hydrogen-bond acceptors (Lipinski definition) is 3. The van der Waals surface area contributed by atoms with E-state index in [9.17, 15) is 4.39 Å². The fourth-order valence-electron chi connectivity index (χ4n) is 2.27. The number of aromatic nitrogens is 4. The first-order valence-electron chi connectivity index (χ1n) is 6.94. The summed E-state index contributed by atoms with van der Waals surface area (Å²) < 4.78 is 17.0. The van der Waals surface area contributed by atoms with Gasteiger partial charge < -0.3 is 5.32 Å². The fourth-order valence-corrected chi connectivity index (χ4v) is 2.27. The van der Waals surface area contributed by atoms with Crippen LogP contribution >= 0.6 is 12.4 Å². The second-order valence-electron chi connectivity index (χ2n) is 5.08. The smallest absolute Gasteiger partial charge is 0.215 e. The third kappa shape index (κ3) is 4.04. The quantitative estimate of drug-likeness (QED) is 0.891. The van der Waals surface area contributed by atoms with Gasteiger partial charge >= 0.3 is 0 Å². The third-order valence-electron chi connectivity index (χ3n) is 3.39. The topological polar surface area (TPSA) is 47.7 Å². The van der Waals surface area contributed by atoms with Crippen LogP contribution < -0.4 is 5.32 Å². The van der Waals surface area contributed by atoms with Crippen molar-refractivity contribution in [2.45, 2.75) is 46.8 Å². The molecule has 2 aromatic heterocycles. The van der Waals surface area contributed by atoms with Crippen LogP contribution in [0.15, 0.2) is 6.20 Å². The molecule has 0 atom stereocenters. The standard InChI is InChI=1S/C14H22FN5.ClH/c1-5-6-20-9-12(10(2)18-20)7-16-8-13-11(3)17-19(4)14(13)15;/h9,16H,5-8H2,1-4H3;1H. The predicted molar refractivity (Wildman–Crippen MR) is 82.9 cm³/mol. The van der Waals surface area contributed by atoms with E-state index < -0.39 is 0 Å². The molecule has 2 rings (SSSR count). The van der Waals surface area contributed by atoms with Gasteiger partial charge in [0.25, 0.3) is 0 Å². The Morgan fingerprint density at radius 2 is 1.90 bits per heavy atom. The Hall–Kier alpha value is -1.40. The predicted octanol–water partition coefficient (Wildman–Crippen LogP) is 2.49. The van der Waals surface area contributed by atoms with Crippen LogP contribution in [0.1, 0.15) is 35.9 Å². The van der Waals surface area contributed by atoms with Gasteiger partial charge in [-0.3, -0.25) is 4.68 Å². The van der Waals surface area contributed by atoms with E-state index in [1.54, 1.807) is 7.05 Å². The van der Waals surface area contributed by atoms with Crippen LogP contribution in [0.2, 0.25) is 0 Å². The second kappa shape index (κ2) is 7.56. The zero-order valence-corrected chi connectivity index (χ0v) is 13.8. The van der Waals surface area contributed by atoms with Crippen molar-refractivity contribution in [1.29, 1.82) is 0 Å². The number of halogens is 2. The lowest BCUT2D eigenvalue weighted by Crippen LogP contribution is -2.14. The van der Waals surface area contributed by atoms with Crippen molar-refractivity contribution in [3.8, 4) is 0 Å². The SMILES string of the molecule is CCCn1cc(CNCc2c(C)nn(C)c2F)c(C)n1.Cl. The molecular weight excluding hydrogens is 293 g/mol. The maximum absolute atomic E-state index is 13.8. The molecule has 0 radical (unpaired) electrons. The molecule has 1 N–H and O–H groups in total. The molecule has 7 heteroatoms. The zero-order valence-electron chi connectivity index (χ0n) is 13.0. The molecule has 0 aliphatic rings. The maximum atomic E-state index is 13.8. The lowest BCUT2D eigenvalue weighted by Gasteiger charge is -2.03. The van der Waals surface area contributed by atoms with Gasteiger partial charge in [0.1, 0.15) is 0 Å². The molecule has 2 aromatic rings. The summed E-state index contributed by atoms with van der Waals surface area (Å²) in [6.45, 7) is 8.04. The Balaban J connectivity index is 0.00000220. The van der Waals surface area contributed by atoms with Gasteiger partial charge in [0.15, 0.2) is 0 Å². The van der Waals surface area contributed by atoms with Crippen molar-refractivity contribution in [2.75, 3.05) is 0 Å². The van der Waals surface area contributed by atoms with Crippen molar-refractivity contribution in [1.82, 2.24) is 24.9 Å². The maximum Gasteiger partial charge on any atom is 0.215 e. The lowest BCUT2D eigenvalue weighted by molar-refractivity contribution is 0.489. The Bertz CT molecular complexity index is 590. The highest BCUT2D eigenvalue weighted by atomic mass is 35.5. The first-order valence-corrected chi connectivity index (χ1v) is 6.94. The van der Waals surface area contributed by atoms with E-state index in [-0.39, 0.29) is 18.4 Å². The number of nitrogens with zero attached hydrogens (tertiary/aromatic N) is 4. The molecule has 5 nitrogen and oxygen atoms in total. The molecule has 0 bridgehead atoms. The fraction of sp³-hybridized carbons (Fsp3) is 0.571. The monoisotopic (exact) mass is 315 g/mol. The van der Waals surface area contributed by atoms with Crippen molar-refractivity contribution < 1.29 is 4.39 Å². The van der Waals surface area contributed by atoms with E-state index in [0.717, 1.165) is 29.9 Å². The molecule has 0 saturated heterocycles. The number of hydrogen-bond donors (Lipinski definition) is 1. The second-order valence-corrected chi connectivity index (χ2v) is 5.08. The lowest BCUT2D eigenvalue weighted by atomic mass is 10.2. The Kier molecular flexibility index (Phi) is 6.36. The highest BCUT2D eigenvalue weighted by Gasteiger charge is 2.12. The third-order valence-corrected chi connectivity index (χ3v) is 3.39. The van der Waals surface area contributed by atoms with Crippen LogP contribution in [0.25, 0.3) is 0 Å². The van der Waals surface area contributed by atoms with Crippen molar-refractivity contribution in [3.63, 3.8) is 0 Å². The molecule has 21 heavy (non-hydrogen) atoms. The van der Waals surface area contributed by atoms with E-state index >= 15 is 0 Å². The Morgan fingerprint density at radius 3 is 2.48 bits per heavy atom. The Morgan fingerprint density at radius 1 is 1.19 bits per heavy atom. The van der Waals surface area contributed by atoms with Crippen LogP contribution in [0.5, 0.6) is 0 Å². The summed E-state index contributed by atoms with van der Waals surface area (Å²) in [5, 5.41) is 11.8. The van der Waals surface area contributed by atoms with Crippen molar-refractivity contribution in [3.05, 3.63) is 34.7 Å². The van der Waals surface area contributed by atoms with E-state index in [4.69, 9.17) is 0 Å². The van der Waals surface area contributed by atoms with Gasteiger partial charge in [-0.05, 0) is 20.3 Å². The number of aryl methyl sites for hydroxylation is 4. The van der Waals surface area contributed by atoms with Gasteiger partial charge in [0, 0.05) is 44.0 Å². The highest BCUT2D eigenvalue weighted by Crippen LogP contribution is 2.11. The van der Waals surface area contributed by atoms with E-state index in [0.29, 0.717) is 18.7 Å². The summed E-state index contributed by atoms with van der Waals surface area (Å²) in [5.41, 5.74) is 3.54. The number of nitrogens with one attached hydrogen (secondary N) is 1. The van der Waals surface area contributed by atoms with Gasteiger partial charge in [0.05, 0.1) is 11.4 Å². The molecule has 0 aliphatic heterocycles. The Labute approximate surface area is 130 Å². The molecule has 2 heterocycles. The first kappa shape index (κ1) is 17.7. The first-order chi connectivity index (χ1) is 9.52. The minimum Gasteiger partial charge on any atom is -0.308 e. The van der Waals surface area contributed by atoms with Crippen LogP contribution in [0, 0.1) is 19.8 Å². The summed E-state index contributed by atoms with van der Waals surface area (Å²) >= 11 is 0. The summed E-state index contributed by atoms with van der Waals surface area (Å²) in [6, 6.07) is 0. The summed E-state index contributed by atoms with van der Waals surface area (Å²) in [4.78, 5) is 0. The highest BCUT2D eigenvalue weighted by molar-refractivity contribution is 5.85. The van der Waals surface area contributed by atoms with E-state index in [1.165, 1.54) is 4.68 Å². The summed E-state index contributed by atoms with van der Waals surface area (Å²) in [7, 11) is 1.62. The van der Waals surface area contributed by atoms with E-state index in [2.05, 4.69) is 28.6 Å². The van der Waals surface area contributed by atoms with Gasteiger partial charge in [-0.15, -0.1) is 12.4 Å². The molecule has 0 spiro atoms. The normalized spacial score (nSPS) is 10.7. The molecular formula is C14H23ClFN5. The van der Waals surface area contributed by atoms with Gasteiger partial charge in [0.2, 0.25) is 5.95 Å². The van der Waals surface area contributed by atoms with E-state index in [1.807, 2.05) is 18.5 Å². The molecule has 118 valence electrons. The van der Waals surface area contributed by atoms with Crippen LogP contribution in [-0.4, -0.2) is 19.6 Å². The molecule has 0 fully saturated rings. The van der Waals surface area contributed by atoms with Crippen LogP contribution in [0.3, 0.4) is 0 Å². The molecule has 0 amide bonds. The average molecular weight is 316 g/mol. The van der Waals surface area contributed by atoms with Crippen molar-refractivity contribution in [2.24, 2.45) is 7.05 Å². The number of rotatable bonds is 6. The molecule has 0 aliphatic carbocycles. The average Bonchev–Trinajstić information content (AvgIpc) is 2.85. The largest absolute Gasteiger partial charge is 0.308 e. The molecule has 0 saturated carbocycles. The minimum absolute atomic E-state index is 0. The van der Waals surface area contributed by atoms with Crippen LogP contribution in [0.4, 0.5) is 4.39 Å². The zero-order chi connectivity index (χ0) is 14.7. The summed E-state index contributed by atoms with van der Waals surface area (Å²) in [5.74, 6) is -0.270. The summed E-state index contributed by atoms with van der Waals surface area (Å²) in [6.07, 6.45) is 3.12. The van der Waals surface area contributed by atoms with Gasteiger partial charge in [-0.2, -0.15) is 14.6 Å². The minimum atomic E-state index is -0.270.